The minimum Gasteiger partial charge on any atom is -0.0849 e. The average molecular weight is 138 g/mol. The number of hydrogen-bond acceptors (Lipinski definition) is 0. The predicted octanol–water partition coefficient (Wildman–Crippen LogP) is 1.45. The highest BCUT2D eigenvalue weighted by Crippen LogP contribution is 2.02. The third kappa shape index (κ3) is 1.76. The molecular weight excluding hydrogens is 130 g/mol. The lowest BCUT2D eigenvalue weighted by Crippen LogP contribution is -2.08. The third-order valence-corrected chi connectivity index (χ3v) is 1.53. The summed E-state index contributed by atoms with van der Waals surface area (Å²) in [4.78, 5) is 0. The van der Waals surface area contributed by atoms with Crippen molar-refractivity contribution in [3.63, 3.8) is 0 Å². The van der Waals surface area contributed by atoms with Crippen LogP contribution in [-0.2, 0) is 0 Å². The molecule has 1 rings (SSSR count). The van der Waals surface area contributed by atoms with Crippen LogP contribution in [0.4, 0.5) is 0 Å². The summed E-state index contributed by atoms with van der Waals surface area (Å²) < 4.78 is 0. The Balaban J connectivity index is 2.94. The molecule has 0 aliphatic carbocycles. The average Bonchev–Trinajstić information content (AvgIpc) is 1.88. The minimum absolute atomic E-state index is 0.828. The Bertz CT molecular complexity index is 198. The summed E-state index contributed by atoms with van der Waals surface area (Å²) in [6.45, 7) is 2.12. The summed E-state index contributed by atoms with van der Waals surface area (Å²) in [5, 5.41) is 0.828. The molecule has 0 radical (unpaired) electrons. The van der Waals surface area contributed by atoms with Gasteiger partial charge in [0.1, 0.15) is 0 Å². The lowest BCUT2D eigenvalue weighted by Gasteiger charge is -1.92. The second kappa shape index (κ2) is 2.93. The van der Waals surface area contributed by atoms with E-state index in [1.807, 2.05) is 18.2 Å². The summed E-state index contributed by atoms with van der Waals surface area (Å²) in [5.41, 5.74) is 1.29. The fraction of sp³-hybridized carbons (Fsp3) is 0.143. The molecule has 0 saturated carbocycles. The summed E-state index contributed by atoms with van der Waals surface area (Å²) in [5.74, 6) is 0. The minimum atomic E-state index is 0.828. The van der Waals surface area contributed by atoms with Gasteiger partial charge in [0.05, 0.1) is 0 Å². The molecule has 0 atom stereocenters. The molecule has 1 aromatic rings. The molecule has 0 spiro atoms. The van der Waals surface area contributed by atoms with E-state index in [-0.39, 0.29) is 0 Å². The second-order valence-corrected chi connectivity index (χ2v) is 2.42. The smallest absolute Gasteiger partial charge is 0.0849 e. The molecule has 0 saturated heterocycles. The van der Waals surface area contributed by atoms with Crippen LogP contribution in [0.2, 0.25) is 11.8 Å². The van der Waals surface area contributed by atoms with E-state index >= 15 is 0 Å². The molecule has 1 aromatic carbocycles. The zero-order chi connectivity index (χ0) is 6.69. The first-order chi connectivity index (χ1) is 4.33. The molecule has 0 amide bonds. The van der Waals surface area contributed by atoms with Gasteiger partial charge in [0.15, 0.2) is 7.28 Å². The van der Waals surface area contributed by atoms with Gasteiger partial charge in [-0.2, -0.15) is 0 Å². The van der Waals surface area contributed by atoms with Gasteiger partial charge in [0, 0.05) is 5.02 Å². The molecule has 0 aliphatic rings. The van der Waals surface area contributed by atoms with E-state index in [1.165, 1.54) is 5.46 Å². The van der Waals surface area contributed by atoms with Crippen molar-refractivity contribution >= 4 is 24.3 Å². The maximum atomic E-state index is 5.72. The van der Waals surface area contributed by atoms with E-state index < -0.39 is 0 Å². The quantitative estimate of drug-likeness (QED) is 0.515. The highest BCUT2D eigenvalue weighted by Gasteiger charge is 1.88. The van der Waals surface area contributed by atoms with Crippen molar-refractivity contribution in [2.24, 2.45) is 0 Å². The maximum Gasteiger partial charge on any atom is 0.154 e. The van der Waals surface area contributed by atoms with Crippen LogP contribution in [0.15, 0.2) is 24.3 Å². The number of hydrogen-bond donors (Lipinski definition) is 0. The van der Waals surface area contributed by atoms with Crippen molar-refractivity contribution in [3.8, 4) is 0 Å². The van der Waals surface area contributed by atoms with E-state index in [0.717, 1.165) is 12.3 Å². The maximum absolute atomic E-state index is 5.72. The molecule has 46 valence electrons. The summed E-state index contributed by atoms with van der Waals surface area (Å²) in [7, 11) is 1.06. The molecule has 0 aliphatic heterocycles. The van der Waals surface area contributed by atoms with E-state index in [9.17, 15) is 0 Å². The first-order valence-corrected chi connectivity index (χ1v) is 3.45. The van der Waals surface area contributed by atoms with Crippen LogP contribution in [0.1, 0.15) is 0 Å². The zero-order valence-electron chi connectivity index (χ0n) is 5.39. The predicted molar refractivity (Wildman–Crippen MR) is 44.1 cm³/mol. The van der Waals surface area contributed by atoms with Gasteiger partial charge in [-0.25, -0.2) is 0 Å². The summed E-state index contributed by atoms with van der Waals surface area (Å²) in [6, 6.07) is 7.93. The Morgan fingerprint density at radius 1 is 1.44 bits per heavy atom. The summed E-state index contributed by atoms with van der Waals surface area (Å²) >= 11 is 5.72. The van der Waals surface area contributed by atoms with Crippen LogP contribution in [0, 0.1) is 0 Å². The van der Waals surface area contributed by atoms with Crippen molar-refractivity contribution in [1.82, 2.24) is 0 Å². The van der Waals surface area contributed by atoms with Crippen molar-refractivity contribution < 1.29 is 0 Å². The van der Waals surface area contributed by atoms with Gasteiger partial charge in [-0.3, -0.25) is 0 Å². The van der Waals surface area contributed by atoms with E-state index in [1.54, 1.807) is 0 Å². The van der Waals surface area contributed by atoms with E-state index in [0.29, 0.717) is 0 Å². The second-order valence-electron chi connectivity index (χ2n) is 1.98. The Morgan fingerprint density at radius 2 is 2.22 bits per heavy atom. The van der Waals surface area contributed by atoms with Crippen molar-refractivity contribution in [2.45, 2.75) is 6.82 Å². The largest absolute Gasteiger partial charge is 0.154 e. The zero-order valence-corrected chi connectivity index (χ0v) is 6.15. The van der Waals surface area contributed by atoms with Gasteiger partial charge in [-0.1, -0.05) is 36.0 Å². The Kier molecular flexibility index (Phi) is 2.18. The van der Waals surface area contributed by atoms with Gasteiger partial charge in [-0.15, -0.1) is 0 Å². The fourth-order valence-corrected chi connectivity index (χ4v) is 0.970. The molecular formula is C7H8BCl. The van der Waals surface area contributed by atoms with Crippen LogP contribution < -0.4 is 5.46 Å². The molecule has 0 nitrogen and oxygen atoms in total. The van der Waals surface area contributed by atoms with Crippen molar-refractivity contribution in [1.29, 1.82) is 0 Å². The molecule has 0 aromatic heterocycles. The number of benzene rings is 1. The normalized spacial score (nSPS) is 9.11. The monoisotopic (exact) mass is 138 g/mol. The lowest BCUT2D eigenvalue weighted by molar-refractivity contribution is 1.76. The first-order valence-electron chi connectivity index (χ1n) is 3.07. The van der Waals surface area contributed by atoms with Crippen LogP contribution in [0.3, 0.4) is 0 Å². The van der Waals surface area contributed by atoms with Gasteiger partial charge in [-0.05, 0) is 12.1 Å². The number of rotatable bonds is 1. The highest BCUT2D eigenvalue weighted by atomic mass is 35.5. The molecule has 0 bridgehead atoms. The topological polar surface area (TPSA) is 0 Å². The molecule has 0 heterocycles. The molecule has 9 heavy (non-hydrogen) atoms. The van der Waals surface area contributed by atoms with E-state index in [2.05, 4.69) is 12.9 Å². The molecule has 0 fully saturated rings. The van der Waals surface area contributed by atoms with Crippen LogP contribution in [0.25, 0.3) is 0 Å². The van der Waals surface area contributed by atoms with Gasteiger partial charge < -0.3 is 0 Å². The SMILES string of the molecule is CBc1cccc(Cl)c1. The van der Waals surface area contributed by atoms with Crippen molar-refractivity contribution in [2.75, 3.05) is 0 Å². The van der Waals surface area contributed by atoms with E-state index in [4.69, 9.17) is 11.6 Å². The fourth-order valence-electron chi connectivity index (χ4n) is 0.757. The standard InChI is InChI=1S/C7H8BCl/c1-8-6-3-2-4-7(9)5-6/h2-5,8H,1H3. The van der Waals surface area contributed by atoms with Crippen LogP contribution >= 0.6 is 11.6 Å². The highest BCUT2D eigenvalue weighted by molar-refractivity contribution is 6.52. The van der Waals surface area contributed by atoms with Crippen LogP contribution in [0.5, 0.6) is 0 Å². The van der Waals surface area contributed by atoms with Gasteiger partial charge in [0.2, 0.25) is 0 Å². The van der Waals surface area contributed by atoms with Crippen LogP contribution in [-0.4, -0.2) is 7.28 Å². The van der Waals surface area contributed by atoms with Crippen molar-refractivity contribution in [3.05, 3.63) is 29.3 Å². The Hall–Kier alpha value is -0.425. The first kappa shape index (κ1) is 6.69. The number of halogens is 1. The Labute approximate surface area is 61.1 Å². The summed E-state index contributed by atoms with van der Waals surface area (Å²) in [6.07, 6.45) is 0. The molecule has 0 unspecified atom stereocenters. The Morgan fingerprint density at radius 3 is 2.67 bits per heavy atom. The molecule has 0 N–H and O–H groups in total. The molecule has 2 heteroatoms. The third-order valence-electron chi connectivity index (χ3n) is 1.30. The van der Waals surface area contributed by atoms with Gasteiger partial charge >= 0.3 is 0 Å². The van der Waals surface area contributed by atoms with Gasteiger partial charge in [0.25, 0.3) is 0 Å². The lowest BCUT2D eigenvalue weighted by atomic mass is 9.74.